The highest BCUT2D eigenvalue weighted by molar-refractivity contribution is 5.90. The summed E-state index contributed by atoms with van der Waals surface area (Å²) in [5.41, 5.74) is 0.936. The van der Waals surface area contributed by atoms with Gasteiger partial charge in [-0.25, -0.2) is 14.4 Å². The van der Waals surface area contributed by atoms with Crippen LogP contribution in [0.25, 0.3) is 0 Å². The third-order valence-corrected chi connectivity index (χ3v) is 5.18. The normalized spacial score (nSPS) is 15.4. The molecule has 1 aliphatic heterocycles. The molecule has 1 aromatic carbocycles. The third-order valence-electron chi connectivity index (χ3n) is 5.18. The first-order chi connectivity index (χ1) is 18.2. The van der Waals surface area contributed by atoms with Crippen LogP contribution in [0.2, 0.25) is 0 Å². The fourth-order valence-corrected chi connectivity index (χ4v) is 3.36. The van der Waals surface area contributed by atoms with E-state index >= 15 is 0 Å². The van der Waals surface area contributed by atoms with Gasteiger partial charge in [-0.1, -0.05) is 0 Å². The van der Waals surface area contributed by atoms with Gasteiger partial charge in [0.1, 0.15) is 11.4 Å². The van der Waals surface area contributed by atoms with Gasteiger partial charge in [0.2, 0.25) is 0 Å². The summed E-state index contributed by atoms with van der Waals surface area (Å²) in [4.78, 5) is 42.1. The molecule has 3 N–H and O–H groups in total. The number of nitrogens with one attached hydrogen (secondary N) is 2. The molecule has 0 aliphatic carbocycles. The van der Waals surface area contributed by atoms with E-state index in [2.05, 4.69) is 15.6 Å². The summed E-state index contributed by atoms with van der Waals surface area (Å²) in [6.07, 6.45) is -2.04. The number of nitrogens with zero attached hydrogens (tertiary/aromatic N) is 3. The van der Waals surface area contributed by atoms with E-state index in [1.54, 1.807) is 53.6 Å². The second kappa shape index (κ2) is 13.5. The quantitative estimate of drug-likeness (QED) is 0.498. The highest BCUT2D eigenvalue weighted by atomic mass is 19.4. The molecule has 39 heavy (non-hydrogen) atoms. The molecule has 3 rings (SSSR count). The molecule has 214 valence electrons. The van der Waals surface area contributed by atoms with Crippen molar-refractivity contribution in [2.45, 2.75) is 38.6 Å². The fourth-order valence-electron chi connectivity index (χ4n) is 3.36. The van der Waals surface area contributed by atoms with Gasteiger partial charge in [0.15, 0.2) is 0 Å². The number of carbonyl (C=O) groups excluding carboxylic acids is 2. The number of carboxylic acids is 1. The van der Waals surface area contributed by atoms with Crippen molar-refractivity contribution < 1.29 is 42.1 Å². The number of pyridine rings is 1. The molecule has 1 saturated heterocycles. The largest absolute Gasteiger partial charge is 0.497 e. The lowest BCUT2D eigenvalue weighted by atomic mass is 10.1. The van der Waals surface area contributed by atoms with Crippen molar-refractivity contribution in [1.82, 2.24) is 14.8 Å². The summed E-state index contributed by atoms with van der Waals surface area (Å²) in [7, 11) is 1.59. The Bertz CT molecular complexity index is 1090. The number of halogens is 3. The Kier molecular flexibility index (Phi) is 10.8. The number of urea groups is 1. The fraction of sp³-hybridized carbons (Fsp3) is 0.440. The summed E-state index contributed by atoms with van der Waals surface area (Å²) in [6.45, 7) is 7.12. The lowest BCUT2D eigenvalue weighted by molar-refractivity contribution is -0.192. The number of hydrogen-bond acceptors (Lipinski definition) is 7. The van der Waals surface area contributed by atoms with Crippen molar-refractivity contribution in [1.29, 1.82) is 0 Å². The van der Waals surface area contributed by atoms with E-state index in [4.69, 9.17) is 19.4 Å². The Balaban J connectivity index is 0.000000673. The Morgan fingerprint density at radius 3 is 2.23 bits per heavy atom. The van der Waals surface area contributed by atoms with Crippen LogP contribution >= 0.6 is 0 Å². The van der Waals surface area contributed by atoms with E-state index in [-0.39, 0.29) is 18.2 Å². The van der Waals surface area contributed by atoms with Gasteiger partial charge in [-0.2, -0.15) is 13.2 Å². The number of hydrogen-bond donors (Lipinski definition) is 3. The molecule has 0 bridgehead atoms. The lowest BCUT2D eigenvalue weighted by Crippen LogP contribution is -2.60. The molecule has 3 amide bonds. The molecule has 1 unspecified atom stereocenters. The van der Waals surface area contributed by atoms with Crippen LogP contribution in [0.4, 0.5) is 34.1 Å². The minimum absolute atomic E-state index is 0.225. The monoisotopic (exact) mass is 555 g/mol. The molecule has 1 aliphatic rings. The van der Waals surface area contributed by atoms with Crippen molar-refractivity contribution in [2.75, 3.05) is 43.9 Å². The molecule has 14 heteroatoms. The summed E-state index contributed by atoms with van der Waals surface area (Å²) in [6, 6.07) is 10.4. The number of rotatable bonds is 5. The Labute approximate surface area is 223 Å². The molecule has 0 radical (unpaired) electrons. The minimum atomic E-state index is -5.08. The highest BCUT2D eigenvalue weighted by Gasteiger charge is 2.38. The van der Waals surface area contributed by atoms with Crippen LogP contribution in [-0.2, 0) is 9.53 Å². The number of methoxy groups -OCH3 is 1. The zero-order valence-electron chi connectivity index (χ0n) is 22.0. The van der Waals surface area contributed by atoms with Crippen molar-refractivity contribution in [3.8, 4) is 5.75 Å². The van der Waals surface area contributed by atoms with E-state index in [1.165, 1.54) is 0 Å². The molecule has 0 spiro atoms. The van der Waals surface area contributed by atoms with Crippen LogP contribution in [0.3, 0.4) is 0 Å². The first-order valence-electron chi connectivity index (χ1n) is 11.8. The summed E-state index contributed by atoms with van der Waals surface area (Å²) in [5, 5.41) is 13.4. The number of carboxylic acid groups (broad SMARTS) is 1. The summed E-state index contributed by atoms with van der Waals surface area (Å²) >= 11 is 0. The van der Waals surface area contributed by atoms with E-state index in [0.29, 0.717) is 37.6 Å². The molecular formula is C25H32F3N5O6. The average Bonchev–Trinajstić information content (AvgIpc) is 2.87. The van der Waals surface area contributed by atoms with Crippen molar-refractivity contribution in [3.05, 3.63) is 48.8 Å². The van der Waals surface area contributed by atoms with Crippen molar-refractivity contribution in [3.63, 3.8) is 0 Å². The van der Waals surface area contributed by atoms with Gasteiger partial charge in [-0.3, -0.25) is 4.98 Å². The van der Waals surface area contributed by atoms with Crippen LogP contribution in [-0.4, -0.2) is 89.1 Å². The standard InChI is InChI=1S/C23H31N5O4.C2HF3O2/c1-23(2,3)32-22(30)27-12-13-28(19(16-27)15-25-18-6-5-11-24-14-18)21(29)26-17-7-9-20(31-4)10-8-17;3-2(4,5)1(6)7/h5-11,14,19,25H,12-13,15-16H2,1-4H3,(H,26,29);(H,6,7). The van der Waals surface area contributed by atoms with Gasteiger partial charge in [0.05, 0.1) is 18.8 Å². The Hall–Kier alpha value is -4.23. The second-order valence-electron chi connectivity index (χ2n) is 9.36. The molecule has 1 fully saturated rings. The molecule has 0 saturated carbocycles. The smallest absolute Gasteiger partial charge is 0.490 e. The van der Waals surface area contributed by atoms with E-state index < -0.39 is 17.7 Å². The number of ether oxygens (including phenoxy) is 2. The van der Waals surface area contributed by atoms with Crippen LogP contribution in [0.1, 0.15) is 20.8 Å². The minimum Gasteiger partial charge on any atom is -0.497 e. The molecule has 2 aromatic rings. The number of aliphatic carboxylic acids is 1. The number of piperazine rings is 1. The van der Waals surface area contributed by atoms with E-state index in [0.717, 1.165) is 5.69 Å². The van der Waals surface area contributed by atoms with E-state index in [9.17, 15) is 22.8 Å². The second-order valence-corrected chi connectivity index (χ2v) is 9.36. The van der Waals surface area contributed by atoms with Gasteiger partial charge in [-0.05, 0) is 57.2 Å². The summed E-state index contributed by atoms with van der Waals surface area (Å²) < 4.78 is 42.4. The average molecular weight is 556 g/mol. The van der Waals surface area contributed by atoms with Gasteiger partial charge >= 0.3 is 24.3 Å². The predicted molar refractivity (Wildman–Crippen MR) is 137 cm³/mol. The maximum absolute atomic E-state index is 13.1. The predicted octanol–water partition coefficient (Wildman–Crippen LogP) is 4.29. The number of amides is 3. The van der Waals surface area contributed by atoms with Crippen LogP contribution in [0.5, 0.6) is 5.75 Å². The topological polar surface area (TPSA) is 133 Å². The zero-order chi connectivity index (χ0) is 29.2. The van der Waals surface area contributed by atoms with Gasteiger partial charge in [0, 0.05) is 44.3 Å². The molecule has 1 atom stereocenters. The van der Waals surface area contributed by atoms with Crippen molar-refractivity contribution in [2.24, 2.45) is 0 Å². The number of alkyl halides is 3. The number of anilines is 2. The SMILES string of the molecule is COc1ccc(NC(=O)N2CCN(C(=O)OC(C)(C)C)CC2CNc2cccnc2)cc1.O=C(O)C(F)(F)F. The third kappa shape index (κ3) is 10.6. The zero-order valence-corrected chi connectivity index (χ0v) is 22.0. The highest BCUT2D eigenvalue weighted by Crippen LogP contribution is 2.19. The lowest BCUT2D eigenvalue weighted by Gasteiger charge is -2.41. The van der Waals surface area contributed by atoms with E-state index in [1.807, 2.05) is 32.9 Å². The molecule has 1 aromatic heterocycles. The van der Waals surface area contributed by atoms with Gasteiger partial charge < -0.3 is 35.0 Å². The summed E-state index contributed by atoms with van der Waals surface area (Å²) in [5.74, 6) is -2.04. The molecule has 2 heterocycles. The molecular weight excluding hydrogens is 523 g/mol. The first-order valence-corrected chi connectivity index (χ1v) is 11.8. The maximum atomic E-state index is 13.1. The Morgan fingerprint density at radius 1 is 1.08 bits per heavy atom. The number of carbonyl (C=O) groups is 3. The number of aromatic nitrogens is 1. The molecule has 11 nitrogen and oxygen atoms in total. The van der Waals surface area contributed by atoms with Gasteiger partial charge in [-0.15, -0.1) is 0 Å². The van der Waals surface area contributed by atoms with Gasteiger partial charge in [0.25, 0.3) is 0 Å². The maximum Gasteiger partial charge on any atom is 0.490 e. The van der Waals surface area contributed by atoms with Crippen LogP contribution < -0.4 is 15.4 Å². The Morgan fingerprint density at radius 2 is 1.72 bits per heavy atom. The van der Waals surface area contributed by atoms with Crippen molar-refractivity contribution >= 4 is 29.5 Å². The van der Waals surface area contributed by atoms with Crippen LogP contribution in [0.15, 0.2) is 48.8 Å². The van der Waals surface area contributed by atoms with Crippen LogP contribution in [0, 0.1) is 0 Å². The number of benzene rings is 1. The first kappa shape index (κ1) is 31.0.